The van der Waals surface area contributed by atoms with Crippen molar-refractivity contribution in [1.82, 2.24) is 4.90 Å². The van der Waals surface area contributed by atoms with Gasteiger partial charge in [0.15, 0.2) is 0 Å². The number of rotatable bonds is 4. The van der Waals surface area contributed by atoms with Crippen LogP contribution in [0.4, 0.5) is 5.69 Å². The van der Waals surface area contributed by atoms with E-state index < -0.39 is 0 Å². The molecule has 6 heteroatoms. The lowest BCUT2D eigenvalue weighted by molar-refractivity contribution is -0.117. The second kappa shape index (κ2) is 8.81. The molecule has 1 aliphatic heterocycles. The van der Waals surface area contributed by atoms with Crippen LogP contribution in [0.1, 0.15) is 12.8 Å². The Balaban J connectivity index is 0.00000200. The number of halogens is 2. The molecule has 0 aromatic heterocycles. The van der Waals surface area contributed by atoms with Crippen LogP contribution in [0.2, 0.25) is 0 Å². The smallest absolute Gasteiger partial charge is 0.238 e. The molecule has 1 heterocycles. The van der Waals surface area contributed by atoms with Gasteiger partial charge in [-0.15, -0.1) is 12.4 Å². The van der Waals surface area contributed by atoms with Crippen LogP contribution in [0.5, 0.6) is 0 Å². The maximum atomic E-state index is 12.0. The summed E-state index contributed by atoms with van der Waals surface area (Å²) in [5.74, 6) is 0.699. The third-order valence-corrected chi connectivity index (χ3v) is 4.50. The zero-order valence-corrected chi connectivity index (χ0v) is 14.3. The van der Waals surface area contributed by atoms with Gasteiger partial charge in [-0.3, -0.25) is 9.69 Å². The molecule has 1 saturated heterocycles. The molecule has 3 N–H and O–H groups in total. The van der Waals surface area contributed by atoms with Gasteiger partial charge in [0.1, 0.15) is 0 Å². The molecular weight excluding hydrogens is 389 g/mol. The first-order valence-electron chi connectivity index (χ1n) is 6.66. The maximum absolute atomic E-state index is 12.0. The van der Waals surface area contributed by atoms with Gasteiger partial charge < -0.3 is 11.1 Å². The summed E-state index contributed by atoms with van der Waals surface area (Å²) >= 11 is 2.23. The van der Waals surface area contributed by atoms with Gasteiger partial charge in [-0.05, 0) is 73.1 Å². The number of hydrogen-bond acceptors (Lipinski definition) is 3. The summed E-state index contributed by atoms with van der Waals surface area (Å²) in [6.45, 7) is 3.19. The third kappa shape index (κ3) is 5.20. The Morgan fingerprint density at radius 1 is 1.35 bits per heavy atom. The molecule has 0 unspecified atom stereocenters. The number of carbonyl (C=O) groups is 1. The molecule has 0 aliphatic carbocycles. The van der Waals surface area contributed by atoms with Crippen molar-refractivity contribution >= 4 is 46.6 Å². The van der Waals surface area contributed by atoms with Crippen LogP contribution in [0, 0.1) is 9.49 Å². The normalized spacial score (nSPS) is 16.5. The zero-order valence-electron chi connectivity index (χ0n) is 11.3. The number of hydrogen-bond donors (Lipinski definition) is 2. The highest BCUT2D eigenvalue weighted by Crippen LogP contribution is 2.18. The molecule has 1 aliphatic rings. The molecule has 1 aromatic rings. The molecule has 4 nitrogen and oxygen atoms in total. The highest BCUT2D eigenvalue weighted by molar-refractivity contribution is 14.1. The SMILES string of the molecule is Cl.NCC1CCN(CC(=O)Nc2ccccc2I)CC1. The number of para-hydroxylation sites is 1. The van der Waals surface area contributed by atoms with Gasteiger partial charge in [0, 0.05) is 3.57 Å². The van der Waals surface area contributed by atoms with E-state index in [0.29, 0.717) is 12.5 Å². The van der Waals surface area contributed by atoms with Crippen molar-refractivity contribution in [3.05, 3.63) is 27.8 Å². The monoisotopic (exact) mass is 409 g/mol. The van der Waals surface area contributed by atoms with Crippen molar-refractivity contribution in [3.8, 4) is 0 Å². The van der Waals surface area contributed by atoms with E-state index >= 15 is 0 Å². The van der Waals surface area contributed by atoms with Crippen LogP contribution in [0.3, 0.4) is 0 Å². The van der Waals surface area contributed by atoms with E-state index in [0.717, 1.165) is 41.7 Å². The zero-order chi connectivity index (χ0) is 13.7. The second-order valence-electron chi connectivity index (χ2n) is 4.98. The number of amides is 1. The number of anilines is 1. The summed E-state index contributed by atoms with van der Waals surface area (Å²) < 4.78 is 1.07. The summed E-state index contributed by atoms with van der Waals surface area (Å²) in [6.07, 6.45) is 2.21. The van der Waals surface area contributed by atoms with Crippen LogP contribution >= 0.6 is 35.0 Å². The van der Waals surface area contributed by atoms with Gasteiger partial charge in [-0.2, -0.15) is 0 Å². The minimum absolute atomic E-state index is 0. The van der Waals surface area contributed by atoms with Gasteiger partial charge in [0.25, 0.3) is 0 Å². The van der Waals surface area contributed by atoms with Crippen molar-refractivity contribution in [3.63, 3.8) is 0 Å². The Hall–Kier alpha value is -0.370. The molecule has 2 rings (SSSR count). The van der Waals surface area contributed by atoms with E-state index in [1.807, 2.05) is 24.3 Å². The molecule has 0 atom stereocenters. The van der Waals surface area contributed by atoms with Crippen LogP contribution in [-0.4, -0.2) is 37.0 Å². The summed E-state index contributed by atoms with van der Waals surface area (Å²) in [5.41, 5.74) is 6.56. The summed E-state index contributed by atoms with van der Waals surface area (Å²) in [7, 11) is 0. The highest BCUT2D eigenvalue weighted by atomic mass is 127. The van der Waals surface area contributed by atoms with Crippen molar-refractivity contribution in [1.29, 1.82) is 0 Å². The number of nitrogens with one attached hydrogen (secondary N) is 1. The van der Waals surface area contributed by atoms with Crippen LogP contribution in [0.25, 0.3) is 0 Å². The predicted molar refractivity (Wildman–Crippen MR) is 93.3 cm³/mol. The highest BCUT2D eigenvalue weighted by Gasteiger charge is 2.19. The van der Waals surface area contributed by atoms with Crippen LogP contribution in [0.15, 0.2) is 24.3 Å². The Bertz CT molecular complexity index is 436. The summed E-state index contributed by atoms with van der Waals surface area (Å²) in [4.78, 5) is 14.2. The second-order valence-corrected chi connectivity index (χ2v) is 6.15. The third-order valence-electron chi connectivity index (χ3n) is 3.56. The Kier molecular flexibility index (Phi) is 7.79. The molecule has 0 spiro atoms. The number of piperidine rings is 1. The van der Waals surface area contributed by atoms with E-state index in [1.54, 1.807) is 0 Å². The number of likely N-dealkylation sites (tertiary alicyclic amines) is 1. The Morgan fingerprint density at radius 3 is 2.60 bits per heavy atom. The lowest BCUT2D eigenvalue weighted by atomic mass is 9.97. The average Bonchev–Trinajstić information content (AvgIpc) is 2.42. The fourth-order valence-electron chi connectivity index (χ4n) is 2.34. The van der Waals surface area contributed by atoms with Crippen molar-refractivity contribution in [2.75, 3.05) is 31.5 Å². The van der Waals surface area contributed by atoms with Crippen molar-refractivity contribution < 1.29 is 4.79 Å². The molecule has 1 amide bonds. The lowest BCUT2D eigenvalue weighted by Crippen LogP contribution is -2.40. The Morgan fingerprint density at radius 2 is 2.00 bits per heavy atom. The topological polar surface area (TPSA) is 58.4 Å². The van der Waals surface area contributed by atoms with Crippen LogP contribution < -0.4 is 11.1 Å². The predicted octanol–water partition coefficient (Wildman–Crippen LogP) is 2.32. The fraction of sp³-hybridized carbons (Fsp3) is 0.500. The quantitative estimate of drug-likeness (QED) is 0.751. The van der Waals surface area contributed by atoms with E-state index in [1.165, 1.54) is 0 Å². The Labute approximate surface area is 140 Å². The molecule has 20 heavy (non-hydrogen) atoms. The summed E-state index contributed by atoms with van der Waals surface area (Å²) in [5, 5.41) is 2.97. The van der Waals surface area contributed by atoms with E-state index in [4.69, 9.17) is 5.73 Å². The van der Waals surface area contributed by atoms with Gasteiger partial charge >= 0.3 is 0 Å². The van der Waals surface area contributed by atoms with Crippen LogP contribution in [-0.2, 0) is 4.79 Å². The maximum Gasteiger partial charge on any atom is 0.238 e. The van der Waals surface area contributed by atoms with Gasteiger partial charge in [-0.25, -0.2) is 0 Å². The minimum atomic E-state index is 0. The number of carbonyl (C=O) groups excluding carboxylic acids is 1. The fourth-order valence-corrected chi connectivity index (χ4v) is 2.86. The molecule has 112 valence electrons. The van der Waals surface area contributed by atoms with Crippen molar-refractivity contribution in [2.24, 2.45) is 11.7 Å². The molecule has 0 saturated carbocycles. The number of benzene rings is 1. The van der Waals surface area contributed by atoms with Gasteiger partial charge in [0.2, 0.25) is 5.91 Å². The van der Waals surface area contributed by atoms with Gasteiger partial charge in [0.05, 0.1) is 12.2 Å². The molecule has 0 radical (unpaired) electrons. The minimum Gasteiger partial charge on any atom is -0.330 e. The standard InChI is InChI=1S/C14H20IN3O.ClH/c15-12-3-1-2-4-13(12)17-14(19)10-18-7-5-11(9-16)6-8-18;/h1-4,11H,5-10,16H2,(H,17,19);1H. The van der Waals surface area contributed by atoms with Crippen molar-refractivity contribution in [2.45, 2.75) is 12.8 Å². The lowest BCUT2D eigenvalue weighted by Gasteiger charge is -2.30. The molecule has 0 bridgehead atoms. The first-order valence-corrected chi connectivity index (χ1v) is 7.73. The average molecular weight is 410 g/mol. The van der Waals surface area contributed by atoms with Gasteiger partial charge in [-0.1, -0.05) is 12.1 Å². The molecular formula is C14H21ClIN3O. The molecule has 1 fully saturated rings. The largest absolute Gasteiger partial charge is 0.330 e. The number of nitrogens with zero attached hydrogens (tertiary/aromatic N) is 1. The number of nitrogens with two attached hydrogens (primary N) is 1. The van der Waals surface area contributed by atoms with E-state index in [-0.39, 0.29) is 18.3 Å². The van der Waals surface area contributed by atoms with E-state index in [9.17, 15) is 4.79 Å². The van der Waals surface area contributed by atoms with E-state index in [2.05, 4.69) is 32.8 Å². The first-order chi connectivity index (χ1) is 9.19. The first kappa shape index (κ1) is 17.7. The summed E-state index contributed by atoms with van der Waals surface area (Å²) in [6, 6.07) is 7.82. The molecule has 1 aromatic carbocycles.